The van der Waals surface area contributed by atoms with Crippen LogP contribution in [0.15, 0.2) is 58.8 Å². The van der Waals surface area contributed by atoms with E-state index in [0.717, 1.165) is 28.4 Å². The van der Waals surface area contributed by atoms with Crippen molar-refractivity contribution in [2.75, 3.05) is 19.3 Å². The van der Waals surface area contributed by atoms with Crippen LogP contribution in [0.1, 0.15) is 29.5 Å². The zero-order valence-corrected chi connectivity index (χ0v) is 19.2. The van der Waals surface area contributed by atoms with Gasteiger partial charge in [0.2, 0.25) is 0 Å². The van der Waals surface area contributed by atoms with Gasteiger partial charge >= 0.3 is 6.09 Å². The zero-order valence-electron chi connectivity index (χ0n) is 17.5. The standard InChI is InChI=1S/C23H23FN2O4S2/c1-32(28)21-8-6-19(7-9-21)29-14-18-15-31-22(25-18)16-10-12-26(13-11-16)23(27)30-20-4-2-17(24)3-5-20/h2-9,15-16H,10-14H2,1H3. The summed E-state index contributed by atoms with van der Waals surface area (Å²) in [7, 11) is 0. The number of piperidine rings is 1. The van der Waals surface area contributed by atoms with Gasteiger partial charge in [-0.3, -0.25) is 0 Å². The molecular weight excluding hydrogens is 451 g/mol. The van der Waals surface area contributed by atoms with E-state index in [-0.39, 0.29) is 5.82 Å². The second-order valence-electron chi connectivity index (χ2n) is 7.47. The van der Waals surface area contributed by atoms with Crippen molar-refractivity contribution in [3.63, 3.8) is 0 Å². The Kier molecular flexibility index (Phi) is 7.29. The third-order valence-corrected chi connectivity index (χ3v) is 7.23. The number of carbonyl (C=O) groups excluding carboxylic acids is 1. The lowest BCUT2D eigenvalue weighted by molar-refractivity contribution is 0.138. The Bertz CT molecular complexity index is 1030. The van der Waals surface area contributed by atoms with Crippen LogP contribution in [-0.2, 0) is 17.8 Å². The number of nitrogens with zero attached hydrogens (tertiary/aromatic N) is 2. The molecule has 0 radical (unpaired) electrons. The molecule has 9 heteroatoms. The van der Waals surface area contributed by atoms with Crippen molar-refractivity contribution in [1.82, 2.24) is 9.88 Å². The maximum Gasteiger partial charge on any atom is 0.415 e. The summed E-state index contributed by atoms with van der Waals surface area (Å²) in [5.41, 5.74) is 0.867. The molecule has 2 heterocycles. The minimum absolute atomic E-state index is 0.294. The minimum atomic E-state index is -1.01. The lowest BCUT2D eigenvalue weighted by Gasteiger charge is -2.30. The molecule has 1 aliphatic rings. The monoisotopic (exact) mass is 474 g/mol. The van der Waals surface area contributed by atoms with Gasteiger partial charge in [-0.2, -0.15) is 0 Å². The molecule has 1 atom stereocenters. The maximum atomic E-state index is 13.0. The molecule has 32 heavy (non-hydrogen) atoms. The molecule has 3 aromatic rings. The summed E-state index contributed by atoms with van der Waals surface area (Å²) in [6.45, 7) is 1.54. The van der Waals surface area contributed by atoms with Crippen molar-refractivity contribution in [2.45, 2.75) is 30.3 Å². The van der Waals surface area contributed by atoms with E-state index in [0.29, 0.717) is 37.1 Å². The first kappa shape index (κ1) is 22.6. The summed E-state index contributed by atoms with van der Waals surface area (Å²) in [5.74, 6) is 0.968. The number of hydrogen-bond donors (Lipinski definition) is 0. The topological polar surface area (TPSA) is 74.7 Å². The molecule has 1 aliphatic heterocycles. The first-order chi connectivity index (χ1) is 15.5. The first-order valence-corrected chi connectivity index (χ1v) is 12.6. The Morgan fingerprint density at radius 1 is 1.16 bits per heavy atom. The van der Waals surface area contributed by atoms with Crippen LogP contribution in [0, 0.1) is 5.82 Å². The number of benzene rings is 2. The van der Waals surface area contributed by atoms with Gasteiger partial charge in [0, 0.05) is 24.4 Å². The van der Waals surface area contributed by atoms with Gasteiger partial charge in [0.05, 0.1) is 10.7 Å². The molecule has 0 N–H and O–H groups in total. The van der Waals surface area contributed by atoms with Gasteiger partial charge in [-0.25, -0.2) is 14.2 Å². The SMILES string of the molecule is C[S+]([O-])c1ccc(OCc2csc(C3CCN(C(=O)Oc4ccc(F)cc4)CC3)n2)cc1. The average Bonchev–Trinajstić information content (AvgIpc) is 3.29. The maximum absolute atomic E-state index is 13.0. The third kappa shape index (κ3) is 5.79. The summed E-state index contributed by atoms with van der Waals surface area (Å²) < 4.78 is 35.6. The number of ether oxygens (including phenoxy) is 2. The van der Waals surface area contributed by atoms with Crippen LogP contribution < -0.4 is 9.47 Å². The Labute approximate surface area is 193 Å². The van der Waals surface area contributed by atoms with E-state index in [1.807, 2.05) is 17.5 Å². The predicted molar refractivity (Wildman–Crippen MR) is 121 cm³/mol. The normalized spacial score (nSPS) is 15.4. The first-order valence-electron chi connectivity index (χ1n) is 10.2. The van der Waals surface area contributed by atoms with Crippen molar-refractivity contribution in [3.05, 3.63) is 70.4 Å². The van der Waals surface area contributed by atoms with Crippen LogP contribution in [0.4, 0.5) is 9.18 Å². The van der Waals surface area contributed by atoms with E-state index in [2.05, 4.69) is 0 Å². The highest BCUT2D eigenvalue weighted by molar-refractivity contribution is 7.90. The molecule has 0 bridgehead atoms. The molecule has 168 valence electrons. The van der Waals surface area contributed by atoms with Crippen LogP contribution in [-0.4, -0.2) is 39.9 Å². The van der Waals surface area contributed by atoms with Gasteiger partial charge in [0.1, 0.15) is 30.2 Å². The van der Waals surface area contributed by atoms with Crippen LogP contribution >= 0.6 is 11.3 Å². The smallest absolute Gasteiger partial charge is 0.415 e. The van der Waals surface area contributed by atoms with Crippen molar-refractivity contribution in [2.24, 2.45) is 0 Å². The Balaban J connectivity index is 1.25. The van der Waals surface area contributed by atoms with Gasteiger partial charge in [-0.15, -0.1) is 11.3 Å². The van der Waals surface area contributed by atoms with E-state index in [1.54, 1.807) is 34.6 Å². The molecule has 0 saturated carbocycles. The second-order valence-corrected chi connectivity index (χ2v) is 9.74. The molecule has 4 rings (SSSR count). The molecule has 1 aromatic heterocycles. The Hall–Kier alpha value is -2.62. The minimum Gasteiger partial charge on any atom is -0.612 e. The van der Waals surface area contributed by atoms with Gasteiger partial charge < -0.3 is 18.9 Å². The van der Waals surface area contributed by atoms with Gasteiger partial charge in [0.15, 0.2) is 4.90 Å². The number of rotatable bonds is 6. The van der Waals surface area contributed by atoms with Crippen LogP contribution in [0.5, 0.6) is 11.5 Å². The van der Waals surface area contributed by atoms with Crippen molar-refractivity contribution >= 4 is 28.6 Å². The number of amides is 1. The number of carbonyl (C=O) groups is 1. The molecule has 1 amide bonds. The molecule has 2 aromatic carbocycles. The predicted octanol–water partition coefficient (Wildman–Crippen LogP) is 4.98. The highest BCUT2D eigenvalue weighted by Crippen LogP contribution is 2.31. The van der Waals surface area contributed by atoms with Crippen LogP contribution in [0.2, 0.25) is 0 Å². The molecule has 1 fully saturated rings. The summed E-state index contributed by atoms with van der Waals surface area (Å²) in [4.78, 5) is 19.5. The number of aromatic nitrogens is 1. The van der Waals surface area contributed by atoms with E-state index in [1.165, 1.54) is 24.3 Å². The van der Waals surface area contributed by atoms with Gasteiger partial charge in [-0.1, -0.05) is 0 Å². The van der Waals surface area contributed by atoms with E-state index in [4.69, 9.17) is 14.5 Å². The number of likely N-dealkylation sites (tertiary alicyclic amines) is 1. The van der Waals surface area contributed by atoms with Gasteiger partial charge in [-0.05, 0) is 72.5 Å². The fourth-order valence-corrected chi connectivity index (χ4v) is 4.93. The lowest BCUT2D eigenvalue weighted by atomic mass is 9.98. The lowest BCUT2D eigenvalue weighted by Crippen LogP contribution is -2.39. The summed E-state index contributed by atoms with van der Waals surface area (Å²) in [6.07, 6.45) is 2.84. The van der Waals surface area contributed by atoms with E-state index in [9.17, 15) is 13.7 Å². The van der Waals surface area contributed by atoms with Crippen molar-refractivity contribution in [1.29, 1.82) is 0 Å². The van der Waals surface area contributed by atoms with E-state index >= 15 is 0 Å². The molecular formula is C23H23FN2O4S2. The fraction of sp³-hybridized carbons (Fsp3) is 0.304. The molecule has 1 saturated heterocycles. The van der Waals surface area contributed by atoms with Crippen molar-refractivity contribution < 1.29 is 23.2 Å². The van der Waals surface area contributed by atoms with Crippen LogP contribution in [0.3, 0.4) is 0 Å². The fourth-order valence-electron chi connectivity index (χ4n) is 3.44. The number of halogens is 1. The quantitative estimate of drug-likeness (QED) is 0.471. The zero-order chi connectivity index (χ0) is 22.5. The molecule has 1 unspecified atom stereocenters. The van der Waals surface area contributed by atoms with Crippen molar-refractivity contribution in [3.8, 4) is 11.5 Å². The number of hydrogen-bond acceptors (Lipinski definition) is 6. The Morgan fingerprint density at radius 3 is 2.47 bits per heavy atom. The second kappa shape index (κ2) is 10.3. The highest BCUT2D eigenvalue weighted by atomic mass is 32.2. The van der Waals surface area contributed by atoms with Crippen LogP contribution in [0.25, 0.3) is 0 Å². The molecule has 0 aliphatic carbocycles. The molecule has 6 nitrogen and oxygen atoms in total. The summed E-state index contributed by atoms with van der Waals surface area (Å²) >= 11 is 0.603. The molecule has 0 spiro atoms. The average molecular weight is 475 g/mol. The summed E-state index contributed by atoms with van der Waals surface area (Å²) in [5, 5.41) is 3.05. The summed E-state index contributed by atoms with van der Waals surface area (Å²) in [6, 6.07) is 12.6. The largest absolute Gasteiger partial charge is 0.612 e. The number of thiazole rings is 1. The third-order valence-electron chi connectivity index (χ3n) is 5.23. The highest BCUT2D eigenvalue weighted by Gasteiger charge is 2.27. The Morgan fingerprint density at radius 2 is 1.81 bits per heavy atom. The van der Waals surface area contributed by atoms with Gasteiger partial charge in [0.25, 0.3) is 0 Å². The van der Waals surface area contributed by atoms with E-state index < -0.39 is 17.3 Å².